The summed E-state index contributed by atoms with van der Waals surface area (Å²) < 4.78 is 47.8. The molecule has 2 aromatic heterocycles. The highest BCUT2D eigenvalue weighted by molar-refractivity contribution is 6.10. The molecule has 2 amide bonds. The zero-order valence-corrected chi connectivity index (χ0v) is 29.2. The summed E-state index contributed by atoms with van der Waals surface area (Å²) in [6.45, 7) is 10.6. The SMILES string of the molecule is C=CC(=O)N[C@H]1C[C@@H](c2cn(C(C)C)nn2)CN(Cc2cc3c(c(C(F)(F)F)c2)CN(c2cccc(C4(c5nncn5C)CC(C)C4)c2)C3=O)C1. The molecule has 268 valence electrons. The molecule has 0 radical (unpaired) electrons. The number of aryl methyl sites for hydroxylation is 1. The normalized spacial score (nSPS) is 23.7. The lowest BCUT2D eigenvalue weighted by atomic mass is 9.58. The minimum atomic E-state index is -4.67. The van der Waals surface area contributed by atoms with Gasteiger partial charge in [-0.05, 0) is 86.1 Å². The standard InChI is InChI=1S/C37H42F3N9O2/c1-6-33(50)42-27-12-25(32-20-49(22(2)3)45-43-32)17-47(18-27)16-24-10-29-30(31(11-24)37(38,39)40)19-48(34(29)51)28-9-7-8-26(13-28)36(14-23(4)15-36)35-44-41-21-46(35)5/h6-11,13,20-23,25,27H,1,12,14-19H2,2-5H3,(H,42,50)/t23?,25-,27+,36?/m1/s1. The Kier molecular flexibility index (Phi) is 8.85. The highest BCUT2D eigenvalue weighted by Gasteiger charge is 2.48. The van der Waals surface area contributed by atoms with Crippen molar-refractivity contribution in [1.29, 1.82) is 0 Å². The molecule has 4 heterocycles. The van der Waals surface area contributed by atoms with Crippen LogP contribution in [0, 0.1) is 5.92 Å². The van der Waals surface area contributed by atoms with Crippen molar-refractivity contribution in [1.82, 2.24) is 40.0 Å². The largest absolute Gasteiger partial charge is 0.416 e. The number of likely N-dealkylation sites (tertiary alicyclic amines) is 1. The summed E-state index contributed by atoms with van der Waals surface area (Å²) in [5, 5.41) is 20.1. The number of halogens is 3. The number of alkyl halides is 3. The molecule has 14 heteroatoms. The van der Waals surface area contributed by atoms with E-state index in [9.17, 15) is 22.8 Å². The predicted molar refractivity (Wildman–Crippen MR) is 184 cm³/mol. The lowest BCUT2D eigenvalue weighted by Gasteiger charge is -2.46. The second-order valence-electron chi connectivity index (χ2n) is 14.7. The van der Waals surface area contributed by atoms with Gasteiger partial charge in [0.05, 0.1) is 23.2 Å². The molecule has 4 aromatic rings. The van der Waals surface area contributed by atoms with Gasteiger partial charge in [0, 0.05) is 62.1 Å². The first-order valence-electron chi connectivity index (χ1n) is 17.3. The van der Waals surface area contributed by atoms with Crippen LogP contribution in [0.1, 0.15) is 96.1 Å². The van der Waals surface area contributed by atoms with Crippen molar-refractivity contribution in [2.75, 3.05) is 18.0 Å². The molecule has 0 bridgehead atoms. The average molecular weight is 702 g/mol. The molecule has 7 rings (SSSR count). The molecular weight excluding hydrogens is 659 g/mol. The number of hydrogen-bond donors (Lipinski definition) is 1. The third-order valence-corrected chi connectivity index (χ3v) is 10.6. The molecule has 0 spiro atoms. The average Bonchev–Trinajstić information content (AvgIpc) is 3.82. The highest BCUT2D eigenvalue weighted by Crippen LogP contribution is 2.52. The summed E-state index contributed by atoms with van der Waals surface area (Å²) in [4.78, 5) is 29.8. The van der Waals surface area contributed by atoms with Crippen LogP contribution in [0.3, 0.4) is 0 Å². The molecule has 2 fully saturated rings. The Labute approximate surface area is 294 Å². The van der Waals surface area contributed by atoms with Crippen LogP contribution in [0.15, 0.2) is 61.6 Å². The summed E-state index contributed by atoms with van der Waals surface area (Å²) >= 11 is 0. The fourth-order valence-electron chi connectivity index (χ4n) is 8.27. The first-order valence-corrected chi connectivity index (χ1v) is 17.3. The molecular formula is C37H42F3N9O2. The second-order valence-corrected chi connectivity index (χ2v) is 14.7. The summed E-state index contributed by atoms with van der Waals surface area (Å²) in [6.07, 6.45) is 2.37. The van der Waals surface area contributed by atoms with Crippen LogP contribution < -0.4 is 10.2 Å². The van der Waals surface area contributed by atoms with Crippen molar-refractivity contribution in [3.8, 4) is 0 Å². The fourth-order valence-corrected chi connectivity index (χ4v) is 8.27. The Hall–Kier alpha value is -4.85. The first kappa shape index (κ1) is 34.6. The Bertz CT molecular complexity index is 1980. The molecule has 3 aliphatic rings. The van der Waals surface area contributed by atoms with Gasteiger partial charge in [-0.2, -0.15) is 13.2 Å². The van der Waals surface area contributed by atoms with Gasteiger partial charge in [0.15, 0.2) is 0 Å². The number of fused-ring (bicyclic) bond motifs is 1. The maximum absolute atomic E-state index is 14.7. The van der Waals surface area contributed by atoms with E-state index in [1.165, 1.54) is 17.0 Å². The van der Waals surface area contributed by atoms with Gasteiger partial charge in [0.1, 0.15) is 12.2 Å². The molecule has 51 heavy (non-hydrogen) atoms. The Morgan fingerprint density at radius 3 is 2.59 bits per heavy atom. The van der Waals surface area contributed by atoms with E-state index in [0.29, 0.717) is 36.7 Å². The predicted octanol–water partition coefficient (Wildman–Crippen LogP) is 5.54. The number of nitrogens with zero attached hydrogens (tertiary/aromatic N) is 8. The van der Waals surface area contributed by atoms with Crippen LogP contribution in [-0.2, 0) is 36.5 Å². The van der Waals surface area contributed by atoms with Gasteiger partial charge in [0.25, 0.3) is 5.91 Å². The van der Waals surface area contributed by atoms with Crippen molar-refractivity contribution >= 4 is 17.5 Å². The molecule has 1 saturated heterocycles. The molecule has 1 saturated carbocycles. The van der Waals surface area contributed by atoms with Gasteiger partial charge in [-0.1, -0.05) is 30.8 Å². The van der Waals surface area contributed by atoms with Gasteiger partial charge >= 0.3 is 6.18 Å². The number of carbonyl (C=O) groups excluding carboxylic acids is 2. The minimum Gasteiger partial charge on any atom is -0.349 e. The lowest BCUT2D eigenvalue weighted by Crippen LogP contribution is -2.49. The molecule has 2 aromatic carbocycles. The van der Waals surface area contributed by atoms with Crippen molar-refractivity contribution in [2.45, 2.75) is 82.7 Å². The van der Waals surface area contributed by atoms with Crippen molar-refractivity contribution < 1.29 is 22.8 Å². The van der Waals surface area contributed by atoms with Crippen molar-refractivity contribution in [3.63, 3.8) is 0 Å². The van der Waals surface area contributed by atoms with Crippen LogP contribution >= 0.6 is 0 Å². The van der Waals surface area contributed by atoms with Crippen molar-refractivity contribution in [3.05, 3.63) is 101 Å². The van der Waals surface area contributed by atoms with Gasteiger partial charge < -0.3 is 14.8 Å². The van der Waals surface area contributed by atoms with Gasteiger partial charge in [0.2, 0.25) is 5.91 Å². The van der Waals surface area contributed by atoms with E-state index in [1.54, 1.807) is 23.1 Å². The number of hydrogen-bond acceptors (Lipinski definition) is 7. The number of rotatable bonds is 9. The van der Waals surface area contributed by atoms with Crippen LogP contribution in [0.5, 0.6) is 0 Å². The summed E-state index contributed by atoms with van der Waals surface area (Å²) in [7, 11) is 1.90. The third-order valence-electron chi connectivity index (χ3n) is 10.6. The third kappa shape index (κ3) is 6.45. The maximum Gasteiger partial charge on any atom is 0.416 e. The molecule has 0 unspecified atom stereocenters. The van der Waals surface area contributed by atoms with E-state index in [0.717, 1.165) is 29.9 Å². The van der Waals surface area contributed by atoms with E-state index in [4.69, 9.17) is 0 Å². The number of carbonyl (C=O) groups is 2. The number of anilines is 1. The number of piperidine rings is 1. The van der Waals surface area contributed by atoms with E-state index >= 15 is 0 Å². The zero-order chi connectivity index (χ0) is 36.2. The van der Waals surface area contributed by atoms with E-state index in [2.05, 4.69) is 39.3 Å². The molecule has 2 atom stereocenters. The highest BCUT2D eigenvalue weighted by atomic mass is 19.4. The topological polar surface area (TPSA) is 114 Å². The summed E-state index contributed by atoms with van der Waals surface area (Å²) in [6, 6.07) is 10.1. The smallest absolute Gasteiger partial charge is 0.349 e. The number of amides is 2. The number of benzene rings is 2. The maximum atomic E-state index is 14.7. The van der Waals surface area contributed by atoms with E-state index < -0.39 is 17.6 Å². The summed E-state index contributed by atoms with van der Waals surface area (Å²) in [5.41, 5.74) is 1.44. The van der Waals surface area contributed by atoms with Gasteiger partial charge in [-0.15, -0.1) is 15.3 Å². The molecule has 11 nitrogen and oxygen atoms in total. The van der Waals surface area contributed by atoms with Crippen molar-refractivity contribution in [2.24, 2.45) is 13.0 Å². The fraction of sp³-hybridized carbons (Fsp3) is 0.459. The Balaban J connectivity index is 1.18. The Morgan fingerprint density at radius 2 is 1.94 bits per heavy atom. The first-order chi connectivity index (χ1) is 24.3. The van der Waals surface area contributed by atoms with Crippen LogP contribution in [0.25, 0.3) is 0 Å². The molecule has 1 N–H and O–H groups in total. The number of aromatic nitrogens is 6. The van der Waals surface area contributed by atoms with Gasteiger partial charge in [-0.25, -0.2) is 4.68 Å². The zero-order valence-electron chi connectivity index (χ0n) is 29.2. The van der Waals surface area contributed by atoms with Crippen LogP contribution in [-0.4, -0.2) is 65.6 Å². The number of nitrogens with one attached hydrogen (secondary N) is 1. The second kappa shape index (κ2) is 13.0. The Morgan fingerprint density at radius 1 is 1.16 bits per heavy atom. The molecule has 2 aliphatic heterocycles. The summed E-state index contributed by atoms with van der Waals surface area (Å²) in [5.74, 6) is 0.377. The minimum absolute atomic E-state index is 0.0279. The van der Waals surface area contributed by atoms with E-state index in [-0.39, 0.29) is 53.5 Å². The lowest BCUT2D eigenvalue weighted by molar-refractivity contribution is -0.138. The van der Waals surface area contributed by atoms with E-state index in [1.807, 2.05) is 54.8 Å². The monoisotopic (exact) mass is 701 g/mol. The van der Waals surface area contributed by atoms with Gasteiger partial charge in [-0.3, -0.25) is 14.5 Å². The quantitative estimate of drug-likeness (QED) is 0.228. The van der Waals surface area contributed by atoms with Crippen LogP contribution in [0.4, 0.5) is 18.9 Å². The molecule has 1 aliphatic carbocycles. The van der Waals surface area contributed by atoms with Crippen LogP contribution in [0.2, 0.25) is 0 Å².